The molecule has 1 aromatic carbocycles. The summed E-state index contributed by atoms with van der Waals surface area (Å²) in [7, 11) is 4.59. The molecule has 0 saturated heterocycles. The van der Waals surface area contributed by atoms with Crippen LogP contribution in [-0.2, 0) is 16.0 Å². The SMILES string of the molecule is CCc1cc(OC)c2c(OCCCCCC(=O)O)c(OC)c(C=CC(=O)C(C)(C)O)nc2c1OC. The Labute approximate surface area is 205 Å². The van der Waals surface area contributed by atoms with Gasteiger partial charge in [0.25, 0.3) is 0 Å². The summed E-state index contributed by atoms with van der Waals surface area (Å²) in [4.78, 5) is 27.8. The van der Waals surface area contributed by atoms with Gasteiger partial charge < -0.3 is 29.2 Å². The van der Waals surface area contributed by atoms with Crippen molar-refractivity contribution >= 4 is 28.7 Å². The van der Waals surface area contributed by atoms with E-state index in [2.05, 4.69) is 0 Å². The molecule has 1 heterocycles. The number of pyridine rings is 1. The smallest absolute Gasteiger partial charge is 0.303 e. The number of benzene rings is 1. The summed E-state index contributed by atoms with van der Waals surface area (Å²) < 4.78 is 23.2. The number of unbranched alkanes of at least 4 members (excludes halogenated alkanes) is 2. The third-order valence-corrected chi connectivity index (χ3v) is 5.48. The number of methoxy groups -OCH3 is 3. The first-order chi connectivity index (χ1) is 16.6. The maximum Gasteiger partial charge on any atom is 0.303 e. The molecular weight excluding hydrogens is 454 g/mol. The minimum atomic E-state index is -1.54. The molecule has 2 N–H and O–H groups in total. The number of carbonyl (C=O) groups is 2. The molecule has 0 unspecified atom stereocenters. The van der Waals surface area contributed by atoms with Crippen molar-refractivity contribution in [3.8, 4) is 23.0 Å². The van der Waals surface area contributed by atoms with Crippen molar-refractivity contribution in [1.29, 1.82) is 0 Å². The van der Waals surface area contributed by atoms with Crippen LogP contribution in [-0.4, -0.2) is 60.5 Å². The maximum absolute atomic E-state index is 12.3. The van der Waals surface area contributed by atoms with Crippen LogP contribution in [0.2, 0.25) is 0 Å². The number of carboxylic acids is 1. The zero-order valence-corrected chi connectivity index (χ0v) is 21.3. The number of ether oxygens (including phenoxy) is 4. The van der Waals surface area contributed by atoms with Crippen LogP contribution in [0.15, 0.2) is 12.1 Å². The second-order valence-electron chi connectivity index (χ2n) is 8.52. The van der Waals surface area contributed by atoms with Gasteiger partial charge in [-0.3, -0.25) is 9.59 Å². The van der Waals surface area contributed by atoms with Gasteiger partial charge in [0, 0.05) is 6.42 Å². The molecule has 0 spiro atoms. The average Bonchev–Trinajstić information content (AvgIpc) is 2.81. The minimum absolute atomic E-state index is 0.108. The van der Waals surface area contributed by atoms with E-state index in [-0.39, 0.29) is 6.42 Å². The van der Waals surface area contributed by atoms with E-state index in [1.165, 1.54) is 33.1 Å². The van der Waals surface area contributed by atoms with Crippen molar-refractivity contribution in [2.75, 3.05) is 27.9 Å². The number of aryl methyl sites for hydroxylation is 1. The number of aliphatic hydroxyl groups is 1. The van der Waals surface area contributed by atoms with Crippen LogP contribution in [0, 0.1) is 0 Å². The highest BCUT2D eigenvalue weighted by Crippen LogP contribution is 2.47. The summed E-state index contributed by atoms with van der Waals surface area (Å²) in [5.74, 6) is 0.451. The second-order valence-corrected chi connectivity index (χ2v) is 8.52. The van der Waals surface area contributed by atoms with Crippen LogP contribution in [0.1, 0.15) is 57.7 Å². The van der Waals surface area contributed by atoms with Crippen LogP contribution in [0.4, 0.5) is 0 Å². The molecule has 0 aliphatic rings. The number of rotatable bonds is 14. The van der Waals surface area contributed by atoms with E-state index in [9.17, 15) is 14.7 Å². The van der Waals surface area contributed by atoms with E-state index in [1.807, 2.05) is 13.0 Å². The molecule has 0 saturated carbocycles. The lowest BCUT2D eigenvalue weighted by atomic mass is 10.0. The molecule has 0 atom stereocenters. The molecule has 0 radical (unpaired) electrons. The molecule has 0 bridgehead atoms. The van der Waals surface area contributed by atoms with Crippen molar-refractivity contribution in [3.63, 3.8) is 0 Å². The number of nitrogens with zero attached hydrogens (tertiary/aromatic N) is 1. The Morgan fingerprint density at radius 3 is 2.26 bits per heavy atom. The molecule has 0 aliphatic carbocycles. The zero-order chi connectivity index (χ0) is 26.2. The number of carbonyl (C=O) groups excluding carboxylic acids is 1. The van der Waals surface area contributed by atoms with Gasteiger partial charge in [-0.2, -0.15) is 0 Å². The number of fused-ring (bicyclic) bond motifs is 1. The predicted molar refractivity (Wildman–Crippen MR) is 133 cm³/mol. The monoisotopic (exact) mass is 489 g/mol. The Morgan fingerprint density at radius 2 is 1.71 bits per heavy atom. The third-order valence-electron chi connectivity index (χ3n) is 5.48. The van der Waals surface area contributed by atoms with Crippen molar-refractivity contribution in [3.05, 3.63) is 23.4 Å². The molecule has 1 aromatic heterocycles. The van der Waals surface area contributed by atoms with E-state index >= 15 is 0 Å². The van der Waals surface area contributed by atoms with Gasteiger partial charge >= 0.3 is 5.97 Å². The first kappa shape index (κ1) is 27.9. The highest BCUT2D eigenvalue weighted by Gasteiger charge is 2.25. The number of carboxylic acid groups (broad SMARTS) is 1. The predicted octanol–water partition coefficient (Wildman–Crippen LogP) is 4.20. The van der Waals surface area contributed by atoms with Crippen LogP contribution >= 0.6 is 0 Å². The molecule has 0 fully saturated rings. The van der Waals surface area contributed by atoms with Gasteiger partial charge in [0.15, 0.2) is 17.3 Å². The van der Waals surface area contributed by atoms with E-state index < -0.39 is 17.4 Å². The highest BCUT2D eigenvalue weighted by molar-refractivity contribution is 6.02. The summed E-state index contributed by atoms with van der Waals surface area (Å²) in [6.07, 6.45) is 5.38. The molecule has 0 aliphatic heterocycles. The summed E-state index contributed by atoms with van der Waals surface area (Å²) in [5.41, 5.74) is 0.163. The molecule has 2 aromatic rings. The molecule has 35 heavy (non-hydrogen) atoms. The lowest BCUT2D eigenvalue weighted by molar-refractivity contribution is -0.137. The Kier molecular flexibility index (Phi) is 9.89. The van der Waals surface area contributed by atoms with Crippen LogP contribution in [0.25, 0.3) is 17.0 Å². The molecule has 9 heteroatoms. The van der Waals surface area contributed by atoms with Gasteiger partial charge in [-0.15, -0.1) is 0 Å². The van der Waals surface area contributed by atoms with Gasteiger partial charge in [-0.05, 0) is 63.3 Å². The van der Waals surface area contributed by atoms with Crippen molar-refractivity contribution in [2.45, 2.75) is 58.5 Å². The van der Waals surface area contributed by atoms with Crippen molar-refractivity contribution in [2.24, 2.45) is 0 Å². The fourth-order valence-electron chi connectivity index (χ4n) is 3.59. The number of ketones is 1. The van der Waals surface area contributed by atoms with Crippen molar-refractivity contribution < 1.29 is 38.7 Å². The molecule has 9 nitrogen and oxygen atoms in total. The van der Waals surface area contributed by atoms with Gasteiger partial charge in [0.2, 0.25) is 0 Å². The fraction of sp³-hybridized carbons (Fsp3) is 0.500. The van der Waals surface area contributed by atoms with Crippen LogP contribution < -0.4 is 18.9 Å². The summed E-state index contributed by atoms with van der Waals surface area (Å²) >= 11 is 0. The fourth-order valence-corrected chi connectivity index (χ4v) is 3.59. The van der Waals surface area contributed by atoms with E-state index in [0.717, 1.165) is 5.56 Å². The summed E-state index contributed by atoms with van der Waals surface area (Å²) in [6, 6.07) is 1.87. The average molecular weight is 490 g/mol. The standard InChI is InChI=1S/C26H35NO8/c1-7-16-15-18(32-4)21-22(23(16)33-5)27-17(12-13-19(28)26(2,3)31)24(34-6)25(21)35-14-10-8-9-11-20(29)30/h12-13,15,31H,7-11,14H2,1-6H3,(H,29,30). The normalized spacial score (nSPS) is 11.6. The largest absolute Gasteiger partial charge is 0.496 e. The molecule has 0 amide bonds. The van der Waals surface area contributed by atoms with Gasteiger partial charge in [0.05, 0.1) is 33.3 Å². The van der Waals surface area contributed by atoms with Crippen LogP contribution in [0.5, 0.6) is 23.0 Å². The quantitative estimate of drug-likeness (QED) is 0.297. The highest BCUT2D eigenvalue weighted by atomic mass is 16.5. The molecular formula is C26H35NO8. The number of aliphatic carboxylic acids is 1. The second kappa shape index (κ2) is 12.4. The van der Waals surface area contributed by atoms with E-state index in [1.54, 1.807) is 14.2 Å². The topological polar surface area (TPSA) is 124 Å². The summed E-state index contributed by atoms with van der Waals surface area (Å²) in [5, 5.41) is 19.4. The van der Waals surface area contributed by atoms with Gasteiger partial charge in [-0.25, -0.2) is 4.98 Å². The Morgan fingerprint density at radius 1 is 1.03 bits per heavy atom. The maximum atomic E-state index is 12.3. The Hall–Kier alpha value is -3.33. The third kappa shape index (κ3) is 6.85. The Bertz CT molecular complexity index is 1090. The van der Waals surface area contributed by atoms with Crippen molar-refractivity contribution in [1.82, 2.24) is 4.98 Å². The van der Waals surface area contributed by atoms with Gasteiger partial charge in [0.1, 0.15) is 28.3 Å². The number of hydrogen-bond acceptors (Lipinski definition) is 8. The molecule has 192 valence electrons. The summed E-state index contributed by atoms with van der Waals surface area (Å²) in [6.45, 7) is 5.11. The minimum Gasteiger partial charge on any atom is -0.496 e. The number of hydrogen-bond donors (Lipinski definition) is 2. The lowest BCUT2D eigenvalue weighted by Crippen LogP contribution is -2.29. The first-order valence-corrected chi connectivity index (χ1v) is 11.5. The van der Waals surface area contributed by atoms with Crippen LogP contribution in [0.3, 0.4) is 0 Å². The van der Waals surface area contributed by atoms with Gasteiger partial charge in [-0.1, -0.05) is 6.92 Å². The Balaban J connectivity index is 2.66. The lowest BCUT2D eigenvalue weighted by Gasteiger charge is -2.20. The first-order valence-electron chi connectivity index (χ1n) is 11.5. The van der Waals surface area contributed by atoms with E-state index in [4.69, 9.17) is 29.0 Å². The number of aromatic nitrogens is 1. The zero-order valence-electron chi connectivity index (χ0n) is 21.3. The van der Waals surface area contributed by atoms with E-state index in [0.29, 0.717) is 71.9 Å². The molecule has 2 rings (SSSR count).